The van der Waals surface area contributed by atoms with Crippen molar-refractivity contribution in [3.63, 3.8) is 0 Å². The molecule has 2 rings (SSSR count). The maximum Gasteiger partial charge on any atom is 0.233 e. The van der Waals surface area contributed by atoms with Gasteiger partial charge in [0.05, 0.1) is 19.0 Å². The zero-order chi connectivity index (χ0) is 13.8. The molecule has 1 aliphatic carbocycles. The fourth-order valence-corrected chi connectivity index (χ4v) is 5.23. The van der Waals surface area contributed by atoms with Gasteiger partial charge in [0, 0.05) is 27.4 Å². The topological polar surface area (TPSA) is 43.4 Å². The first-order valence-electron chi connectivity index (χ1n) is 6.52. The van der Waals surface area contributed by atoms with Crippen LogP contribution in [0.1, 0.15) is 30.6 Å². The minimum Gasteiger partial charge on any atom is -0.380 e. The van der Waals surface area contributed by atoms with Crippen LogP contribution in [0.2, 0.25) is 0 Å². The highest BCUT2D eigenvalue weighted by Crippen LogP contribution is 2.40. The van der Waals surface area contributed by atoms with Crippen molar-refractivity contribution in [1.29, 1.82) is 0 Å². The van der Waals surface area contributed by atoms with Crippen LogP contribution >= 0.6 is 22.0 Å². The van der Waals surface area contributed by atoms with Crippen LogP contribution in [0.15, 0.2) is 17.5 Å². The first kappa shape index (κ1) is 15.3. The summed E-state index contributed by atoms with van der Waals surface area (Å²) >= 11 is 1.72. The third-order valence-electron chi connectivity index (χ3n) is 3.62. The number of rotatable bonds is 7. The standard InChI is InChI=1S/C13H19ClO3S2/c14-19(15,16)11-13(6-1-2-7-13)10-17-8-5-12-4-3-9-18-12/h3-4,9H,1-2,5-8,10-11H2. The molecule has 0 spiro atoms. The molecule has 0 radical (unpaired) electrons. The molecule has 0 unspecified atom stereocenters. The molecular weight excluding hydrogens is 304 g/mol. The molecule has 1 aromatic heterocycles. The first-order chi connectivity index (χ1) is 8.99. The second kappa shape index (κ2) is 6.57. The third-order valence-corrected chi connectivity index (χ3v) is 5.84. The Morgan fingerprint density at radius 2 is 2.11 bits per heavy atom. The summed E-state index contributed by atoms with van der Waals surface area (Å²) in [7, 11) is 1.96. The smallest absolute Gasteiger partial charge is 0.233 e. The summed E-state index contributed by atoms with van der Waals surface area (Å²) in [6.07, 6.45) is 4.83. The molecule has 108 valence electrons. The maximum atomic E-state index is 11.3. The molecule has 1 saturated carbocycles. The summed E-state index contributed by atoms with van der Waals surface area (Å²) in [5.74, 6) is 0.0422. The summed E-state index contributed by atoms with van der Waals surface area (Å²) in [5, 5.41) is 2.05. The van der Waals surface area contributed by atoms with Gasteiger partial charge < -0.3 is 4.74 Å². The van der Waals surface area contributed by atoms with Gasteiger partial charge in [0.1, 0.15) is 0 Å². The van der Waals surface area contributed by atoms with E-state index in [4.69, 9.17) is 15.4 Å². The van der Waals surface area contributed by atoms with Gasteiger partial charge in [-0.3, -0.25) is 0 Å². The quantitative estimate of drug-likeness (QED) is 0.570. The lowest BCUT2D eigenvalue weighted by Crippen LogP contribution is -2.31. The number of hydrogen-bond donors (Lipinski definition) is 0. The maximum absolute atomic E-state index is 11.3. The Hall–Kier alpha value is -0.100. The van der Waals surface area contributed by atoms with E-state index in [2.05, 4.69) is 6.07 Å². The highest BCUT2D eigenvalue weighted by atomic mass is 35.7. The monoisotopic (exact) mass is 322 g/mol. The van der Waals surface area contributed by atoms with Gasteiger partial charge in [-0.2, -0.15) is 0 Å². The van der Waals surface area contributed by atoms with Gasteiger partial charge in [0.15, 0.2) is 0 Å². The van der Waals surface area contributed by atoms with E-state index in [0.29, 0.717) is 13.2 Å². The van der Waals surface area contributed by atoms with Crippen LogP contribution < -0.4 is 0 Å². The van der Waals surface area contributed by atoms with Crippen LogP contribution in [0.5, 0.6) is 0 Å². The zero-order valence-electron chi connectivity index (χ0n) is 10.8. The van der Waals surface area contributed by atoms with Gasteiger partial charge in [-0.25, -0.2) is 8.42 Å². The van der Waals surface area contributed by atoms with Gasteiger partial charge >= 0.3 is 0 Å². The minimum atomic E-state index is -3.45. The minimum absolute atomic E-state index is 0.0422. The molecule has 3 nitrogen and oxygen atoms in total. The fourth-order valence-electron chi connectivity index (χ4n) is 2.74. The van der Waals surface area contributed by atoms with Crippen LogP contribution in [0.25, 0.3) is 0 Å². The van der Waals surface area contributed by atoms with E-state index in [9.17, 15) is 8.42 Å². The molecule has 0 bridgehead atoms. The summed E-state index contributed by atoms with van der Waals surface area (Å²) in [6.45, 7) is 1.15. The Morgan fingerprint density at radius 1 is 1.37 bits per heavy atom. The molecule has 1 heterocycles. The van der Waals surface area contributed by atoms with Crippen LogP contribution in [0.4, 0.5) is 0 Å². The lowest BCUT2D eigenvalue weighted by atomic mass is 9.90. The molecule has 19 heavy (non-hydrogen) atoms. The third kappa shape index (κ3) is 5.06. The summed E-state index contributed by atoms with van der Waals surface area (Å²) in [5.41, 5.74) is -0.254. The number of hydrogen-bond acceptors (Lipinski definition) is 4. The SMILES string of the molecule is O=S(=O)(Cl)CC1(COCCc2cccs2)CCCC1. The zero-order valence-corrected chi connectivity index (χ0v) is 13.2. The van der Waals surface area contributed by atoms with E-state index in [1.54, 1.807) is 11.3 Å². The Balaban J connectivity index is 1.80. The van der Waals surface area contributed by atoms with Crippen molar-refractivity contribution < 1.29 is 13.2 Å². The predicted octanol–water partition coefficient (Wildman–Crippen LogP) is 3.44. The fraction of sp³-hybridized carbons (Fsp3) is 0.692. The van der Waals surface area contributed by atoms with Crippen molar-refractivity contribution in [3.8, 4) is 0 Å². The molecule has 1 aliphatic rings. The summed E-state index contributed by atoms with van der Waals surface area (Å²) in [4.78, 5) is 1.30. The molecule has 0 aliphatic heterocycles. The normalized spacial score (nSPS) is 18.8. The average molecular weight is 323 g/mol. The molecular formula is C13H19ClO3S2. The van der Waals surface area contributed by atoms with E-state index in [1.165, 1.54) is 4.88 Å². The molecule has 1 fully saturated rings. The molecule has 0 N–H and O–H groups in total. The highest BCUT2D eigenvalue weighted by molar-refractivity contribution is 8.13. The molecule has 1 aromatic rings. The van der Waals surface area contributed by atoms with Crippen LogP contribution in [0, 0.1) is 5.41 Å². The molecule has 0 saturated heterocycles. The second-order valence-electron chi connectivity index (χ2n) is 5.27. The van der Waals surface area contributed by atoms with Crippen LogP contribution in [-0.4, -0.2) is 27.4 Å². The van der Waals surface area contributed by atoms with Crippen molar-refractivity contribution in [2.45, 2.75) is 32.1 Å². The number of thiophene rings is 1. The Labute approximate surface area is 123 Å². The molecule has 0 atom stereocenters. The van der Waals surface area contributed by atoms with Gasteiger partial charge in [0.25, 0.3) is 0 Å². The second-order valence-corrected chi connectivity index (χ2v) is 9.08. The first-order valence-corrected chi connectivity index (χ1v) is 9.87. The van der Waals surface area contributed by atoms with Crippen molar-refractivity contribution in [2.75, 3.05) is 19.0 Å². The summed E-state index contributed by atoms with van der Waals surface area (Å²) in [6, 6.07) is 4.11. The van der Waals surface area contributed by atoms with Crippen LogP contribution in [-0.2, 0) is 20.2 Å². The van der Waals surface area contributed by atoms with E-state index < -0.39 is 9.05 Å². The van der Waals surface area contributed by atoms with Crippen LogP contribution in [0.3, 0.4) is 0 Å². The predicted molar refractivity (Wildman–Crippen MR) is 79.4 cm³/mol. The van der Waals surface area contributed by atoms with E-state index in [-0.39, 0.29) is 11.2 Å². The largest absolute Gasteiger partial charge is 0.380 e. The van der Waals surface area contributed by atoms with Crippen molar-refractivity contribution >= 4 is 31.1 Å². The van der Waals surface area contributed by atoms with E-state index >= 15 is 0 Å². The Kier molecular flexibility index (Phi) is 5.29. The lowest BCUT2D eigenvalue weighted by molar-refractivity contribution is 0.0603. The van der Waals surface area contributed by atoms with Crippen molar-refractivity contribution in [1.82, 2.24) is 0 Å². The van der Waals surface area contributed by atoms with E-state index in [1.807, 2.05) is 11.4 Å². The summed E-state index contributed by atoms with van der Waals surface area (Å²) < 4.78 is 28.4. The number of ether oxygens (including phenoxy) is 1. The lowest BCUT2D eigenvalue weighted by Gasteiger charge is -2.27. The molecule has 0 aromatic carbocycles. The van der Waals surface area contributed by atoms with E-state index in [0.717, 1.165) is 32.1 Å². The highest BCUT2D eigenvalue weighted by Gasteiger charge is 2.38. The molecule has 6 heteroatoms. The van der Waals surface area contributed by atoms with Gasteiger partial charge in [-0.15, -0.1) is 11.3 Å². The van der Waals surface area contributed by atoms with Gasteiger partial charge in [-0.05, 0) is 24.3 Å². The van der Waals surface area contributed by atoms with Gasteiger partial charge in [0.2, 0.25) is 9.05 Å². The van der Waals surface area contributed by atoms with Crippen molar-refractivity contribution in [3.05, 3.63) is 22.4 Å². The Bertz CT molecular complexity index is 476. The number of halogens is 1. The average Bonchev–Trinajstić information content (AvgIpc) is 2.94. The van der Waals surface area contributed by atoms with Gasteiger partial charge in [-0.1, -0.05) is 18.9 Å². The molecule has 0 amide bonds. The van der Waals surface area contributed by atoms with Crippen molar-refractivity contribution in [2.24, 2.45) is 5.41 Å². The Morgan fingerprint density at radius 3 is 2.68 bits per heavy atom.